The van der Waals surface area contributed by atoms with Crippen LogP contribution < -0.4 is 5.84 Å². The predicted molar refractivity (Wildman–Crippen MR) is 33.7 cm³/mol. The molecule has 0 spiro atoms. The van der Waals surface area contributed by atoms with Gasteiger partial charge in [-0.15, -0.1) is 0 Å². The zero-order valence-corrected chi connectivity index (χ0v) is 5.87. The lowest BCUT2D eigenvalue weighted by Crippen LogP contribution is -2.37. The normalized spacial score (nSPS) is 26.5. The molecular weight excluding hydrogens is 134 g/mol. The highest BCUT2D eigenvalue weighted by atomic mass is 16.2. The molecule has 0 aromatic carbocycles. The van der Waals surface area contributed by atoms with Crippen molar-refractivity contribution < 1.29 is 9.59 Å². The van der Waals surface area contributed by atoms with Gasteiger partial charge in [0.25, 0.3) is 5.91 Å². The third-order valence-corrected chi connectivity index (χ3v) is 1.68. The van der Waals surface area contributed by atoms with Crippen molar-refractivity contribution in [3.63, 3.8) is 0 Å². The number of hydrogen-bond donors (Lipinski definition) is 1. The molecule has 0 aliphatic carbocycles. The lowest BCUT2D eigenvalue weighted by Gasteiger charge is -2.09. The van der Waals surface area contributed by atoms with Gasteiger partial charge in [-0.05, 0) is 6.92 Å². The summed E-state index contributed by atoms with van der Waals surface area (Å²) < 4.78 is 0. The van der Waals surface area contributed by atoms with Crippen molar-refractivity contribution in [1.82, 2.24) is 9.91 Å². The van der Waals surface area contributed by atoms with Crippen molar-refractivity contribution >= 4 is 11.9 Å². The van der Waals surface area contributed by atoms with Gasteiger partial charge in [0.2, 0.25) is 0 Å². The first-order valence-electron chi connectivity index (χ1n) is 2.91. The molecule has 1 aliphatic rings. The average Bonchev–Trinajstić information content (AvgIpc) is 2.07. The second-order valence-electron chi connectivity index (χ2n) is 2.28. The Labute approximate surface area is 58.3 Å². The number of nitrogens with two attached hydrogens (primary N) is 1. The summed E-state index contributed by atoms with van der Waals surface area (Å²) >= 11 is 0. The lowest BCUT2D eigenvalue weighted by atomic mass is 10.3. The average molecular weight is 143 g/mol. The second kappa shape index (κ2) is 1.95. The molecule has 5 nitrogen and oxygen atoms in total. The molecule has 1 fully saturated rings. The van der Waals surface area contributed by atoms with Crippen molar-refractivity contribution in [1.29, 1.82) is 0 Å². The zero-order chi connectivity index (χ0) is 7.89. The van der Waals surface area contributed by atoms with Crippen molar-refractivity contribution in [3.8, 4) is 0 Å². The summed E-state index contributed by atoms with van der Waals surface area (Å²) in [6.45, 7) is 1.63. The van der Waals surface area contributed by atoms with Gasteiger partial charge in [-0.3, -0.25) is 4.79 Å². The Balaban J connectivity index is 2.89. The van der Waals surface area contributed by atoms with Gasteiger partial charge in [0, 0.05) is 7.05 Å². The van der Waals surface area contributed by atoms with Crippen molar-refractivity contribution in [2.75, 3.05) is 7.05 Å². The molecule has 10 heavy (non-hydrogen) atoms. The van der Waals surface area contributed by atoms with Crippen LogP contribution in [0.1, 0.15) is 6.92 Å². The van der Waals surface area contributed by atoms with E-state index in [1.54, 1.807) is 6.92 Å². The molecule has 5 heteroatoms. The van der Waals surface area contributed by atoms with E-state index in [1.165, 1.54) is 11.9 Å². The highest BCUT2D eigenvalue weighted by molar-refractivity contribution is 6.03. The van der Waals surface area contributed by atoms with Crippen LogP contribution in [0.4, 0.5) is 4.79 Å². The maximum atomic E-state index is 10.9. The molecule has 0 aromatic heterocycles. The molecule has 2 N–H and O–H groups in total. The number of rotatable bonds is 0. The highest BCUT2D eigenvalue weighted by Gasteiger charge is 2.38. The molecule has 56 valence electrons. The van der Waals surface area contributed by atoms with Crippen LogP contribution in [0.3, 0.4) is 0 Å². The molecule has 1 rings (SSSR count). The fourth-order valence-electron chi connectivity index (χ4n) is 0.797. The molecule has 1 aliphatic heterocycles. The SMILES string of the molecule is C[C@H]1C(=O)N(N)C(=O)N1C. The van der Waals surface area contributed by atoms with E-state index in [9.17, 15) is 9.59 Å². The number of carbonyl (C=O) groups is 2. The maximum Gasteiger partial charge on any atom is 0.341 e. The maximum absolute atomic E-state index is 10.9. The van der Waals surface area contributed by atoms with Crippen LogP contribution in [0.15, 0.2) is 0 Å². The Hall–Kier alpha value is -1.10. The number of hydrogen-bond acceptors (Lipinski definition) is 3. The van der Waals surface area contributed by atoms with E-state index in [-0.39, 0.29) is 5.91 Å². The number of hydrazine groups is 1. The van der Waals surface area contributed by atoms with Gasteiger partial charge in [-0.25, -0.2) is 10.6 Å². The topological polar surface area (TPSA) is 66.6 Å². The van der Waals surface area contributed by atoms with Gasteiger partial charge in [0.05, 0.1) is 0 Å². The first kappa shape index (κ1) is 7.01. The Bertz CT molecular complexity index is 171. The van der Waals surface area contributed by atoms with Gasteiger partial charge < -0.3 is 4.90 Å². The highest BCUT2D eigenvalue weighted by Crippen LogP contribution is 2.10. The smallest absolute Gasteiger partial charge is 0.314 e. The van der Waals surface area contributed by atoms with Gasteiger partial charge in [-0.1, -0.05) is 0 Å². The first-order valence-corrected chi connectivity index (χ1v) is 2.91. The van der Waals surface area contributed by atoms with E-state index in [2.05, 4.69) is 0 Å². The molecule has 0 saturated carbocycles. The van der Waals surface area contributed by atoms with Crippen LogP contribution in [0.5, 0.6) is 0 Å². The van der Waals surface area contributed by atoms with Crippen LogP contribution in [0, 0.1) is 0 Å². The zero-order valence-electron chi connectivity index (χ0n) is 5.87. The summed E-state index contributed by atoms with van der Waals surface area (Å²) in [5, 5.41) is 0.630. The number of imide groups is 1. The molecule has 0 radical (unpaired) electrons. The minimum Gasteiger partial charge on any atom is -0.314 e. The Kier molecular flexibility index (Phi) is 1.37. The summed E-state index contributed by atoms with van der Waals surface area (Å²) in [7, 11) is 1.54. The monoisotopic (exact) mass is 143 g/mol. The number of amides is 3. The molecule has 0 bridgehead atoms. The quantitative estimate of drug-likeness (QED) is 0.272. The van der Waals surface area contributed by atoms with Crippen molar-refractivity contribution in [2.24, 2.45) is 5.84 Å². The molecule has 1 atom stereocenters. The van der Waals surface area contributed by atoms with Crippen LogP contribution >= 0.6 is 0 Å². The summed E-state index contributed by atoms with van der Waals surface area (Å²) in [5.74, 6) is 4.74. The third-order valence-electron chi connectivity index (χ3n) is 1.68. The molecular formula is C5H9N3O2. The molecule has 1 saturated heterocycles. The van der Waals surface area contributed by atoms with Gasteiger partial charge in [-0.2, -0.15) is 5.01 Å². The molecule has 0 aromatic rings. The largest absolute Gasteiger partial charge is 0.341 e. The van der Waals surface area contributed by atoms with E-state index in [0.29, 0.717) is 5.01 Å². The molecule has 3 amide bonds. The molecule has 0 unspecified atom stereocenters. The minimum atomic E-state index is -0.447. The second-order valence-corrected chi connectivity index (χ2v) is 2.28. The van der Waals surface area contributed by atoms with Crippen molar-refractivity contribution in [2.45, 2.75) is 13.0 Å². The van der Waals surface area contributed by atoms with E-state index < -0.39 is 12.1 Å². The number of nitrogens with zero attached hydrogens (tertiary/aromatic N) is 2. The van der Waals surface area contributed by atoms with E-state index in [0.717, 1.165) is 0 Å². The van der Waals surface area contributed by atoms with Crippen LogP contribution in [0.25, 0.3) is 0 Å². The van der Waals surface area contributed by atoms with Crippen molar-refractivity contribution in [3.05, 3.63) is 0 Å². The Morgan fingerprint density at radius 1 is 1.50 bits per heavy atom. The fraction of sp³-hybridized carbons (Fsp3) is 0.600. The summed E-state index contributed by atoms with van der Waals surface area (Å²) in [5.41, 5.74) is 0. The predicted octanol–water partition coefficient (Wildman–Crippen LogP) is -0.857. The number of likely N-dealkylation sites (N-methyl/N-ethyl adjacent to an activating group) is 1. The Morgan fingerprint density at radius 3 is 2.10 bits per heavy atom. The standard InChI is InChI=1S/C5H9N3O2/c1-3-4(9)8(6)5(10)7(3)2/h3H,6H2,1-2H3/t3-/m0/s1. The third kappa shape index (κ3) is 0.672. The minimum absolute atomic E-state index is 0.354. The van der Waals surface area contributed by atoms with E-state index in [4.69, 9.17) is 5.84 Å². The van der Waals surface area contributed by atoms with Crippen LogP contribution in [0.2, 0.25) is 0 Å². The summed E-state index contributed by atoms with van der Waals surface area (Å²) in [4.78, 5) is 23.0. The van der Waals surface area contributed by atoms with E-state index in [1.807, 2.05) is 0 Å². The van der Waals surface area contributed by atoms with Crippen LogP contribution in [-0.4, -0.2) is 34.9 Å². The van der Waals surface area contributed by atoms with Crippen LogP contribution in [-0.2, 0) is 4.79 Å². The summed E-state index contributed by atoms with van der Waals surface area (Å²) in [6.07, 6.45) is 0. The van der Waals surface area contributed by atoms with Gasteiger partial charge in [0.15, 0.2) is 0 Å². The number of carbonyl (C=O) groups excluding carboxylic acids is 2. The summed E-state index contributed by atoms with van der Waals surface area (Å²) in [6, 6.07) is -0.866. The van der Waals surface area contributed by atoms with E-state index >= 15 is 0 Å². The lowest BCUT2D eigenvalue weighted by molar-refractivity contribution is -0.127. The fourth-order valence-corrected chi connectivity index (χ4v) is 0.797. The van der Waals surface area contributed by atoms with Gasteiger partial charge >= 0.3 is 6.03 Å². The molecule has 1 heterocycles. The first-order chi connectivity index (χ1) is 4.55. The number of urea groups is 1. The van der Waals surface area contributed by atoms with Gasteiger partial charge in [0.1, 0.15) is 6.04 Å². The Morgan fingerprint density at radius 2 is 2.00 bits per heavy atom.